The number of nitrogens with zero attached hydrogens (tertiary/aromatic N) is 1. The maximum atomic E-state index is 13.3. The number of ether oxygens (including phenoxy) is 6. The average molecular weight is 551 g/mol. The van der Waals surface area contributed by atoms with E-state index in [-0.39, 0.29) is 42.4 Å². The molecule has 1 aliphatic carbocycles. The van der Waals surface area contributed by atoms with Crippen molar-refractivity contribution in [2.24, 2.45) is 0 Å². The molecule has 1 aromatic heterocycles. The van der Waals surface area contributed by atoms with Gasteiger partial charge in [0.05, 0.1) is 32.3 Å². The summed E-state index contributed by atoms with van der Waals surface area (Å²) in [5, 5.41) is 2.73. The van der Waals surface area contributed by atoms with E-state index in [1.807, 2.05) is 6.92 Å². The van der Waals surface area contributed by atoms with Gasteiger partial charge < -0.3 is 33.7 Å². The van der Waals surface area contributed by atoms with Crippen molar-refractivity contribution in [1.82, 2.24) is 10.3 Å². The van der Waals surface area contributed by atoms with Gasteiger partial charge in [-0.25, -0.2) is 9.78 Å². The molecule has 2 aliphatic rings. The monoisotopic (exact) mass is 550 g/mol. The lowest BCUT2D eigenvalue weighted by atomic mass is 10.0. The van der Waals surface area contributed by atoms with Crippen LogP contribution in [0.3, 0.4) is 0 Å². The van der Waals surface area contributed by atoms with Gasteiger partial charge in [-0.2, -0.15) is 0 Å². The molecule has 1 N–H and O–H groups in total. The van der Waals surface area contributed by atoms with Crippen LogP contribution in [0.15, 0.2) is 12.3 Å². The topological polar surface area (TPSA) is 132 Å². The molecule has 1 amide bonds. The van der Waals surface area contributed by atoms with E-state index in [0.717, 1.165) is 32.1 Å². The van der Waals surface area contributed by atoms with Crippen LogP contribution in [0.5, 0.6) is 11.5 Å². The number of pyridine rings is 1. The van der Waals surface area contributed by atoms with Crippen LogP contribution in [0.1, 0.15) is 82.1 Å². The second kappa shape index (κ2) is 15.7. The van der Waals surface area contributed by atoms with Crippen molar-refractivity contribution in [2.75, 3.05) is 27.4 Å². The van der Waals surface area contributed by atoms with Crippen LogP contribution in [0, 0.1) is 0 Å². The first kappa shape index (κ1) is 30.8. The van der Waals surface area contributed by atoms with E-state index in [4.69, 9.17) is 28.4 Å². The number of carbonyl (C=O) groups is 3. The van der Waals surface area contributed by atoms with Crippen molar-refractivity contribution in [1.29, 1.82) is 0 Å². The van der Waals surface area contributed by atoms with Crippen LogP contribution in [-0.2, 0) is 28.5 Å². The van der Waals surface area contributed by atoms with Crippen molar-refractivity contribution in [2.45, 2.75) is 102 Å². The lowest BCUT2D eigenvalue weighted by Gasteiger charge is -2.32. The summed E-state index contributed by atoms with van der Waals surface area (Å²) in [6, 6.07) is 0.550. The average Bonchev–Trinajstić information content (AvgIpc) is 3.45. The van der Waals surface area contributed by atoms with Crippen LogP contribution in [-0.4, -0.2) is 80.7 Å². The number of cyclic esters (lactones) is 1. The number of methoxy groups -OCH3 is 2. The van der Waals surface area contributed by atoms with Crippen LogP contribution in [0.4, 0.5) is 0 Å². The summed E-state index contributed by atoms with van der Waals surface area (Å²) < 4.78 is 34.0. The molecule has 11 heteroatoms. The highest BCUT2D eigenvalue weighted by Gasteiger charge is 2.37. The zero-order valence-corrected chi connectivity index (χ0v) is 23.4. The normalized spacial score (nSPS) is 24.3. The molecule has 2 heterocycles. The Kier molecular flexibility index (Phi) is 12.4. The van der Waals surface area contributed by atoms with Gasteiger partial charge in [0.25, 0.3) is 5.91 Å². The number of nitrogens with one attached hydrogen (secondary N) is 1. The third-order valence-electron chi connectivity index (χ3n) is 6.92. The summed E-state index contributed by atoms with van der Waals surface area (Å²) >= 11 is 0. The molecular weight excluding hydrogens is 508 g/mol. The summed E-state index contributed by atoms with van der Waals surface area (Å²) in [6.07, 6.45) is 7.15. The van der Waals surface area contributed by atoms with Crippen molar-refractivity contribution >= 4 is 17.8 Å². The van der Waals surface area contributed by atoms with Crippen molar-refractivity contribution in [3.05, 3.63) is 18.0 Å². The lowest BCUT2D eigenvalue weighted by Crippen LogP contribution is -2.46. The zero-order valence-electron chi connectivity index (χ0n) is 23.4. The first-order valence-corrected chi connectivity index (χ1v) is 13.9. The Morgan fingerprint density at radius 1 is 1.10 bits per heavy atom. The Morgan fingerprint density at radius 2 is 1.87 bits per heavy atom. The number of amides is 1. The maximum Gasteiger partial charge on any atom is 0.329 e. The van der Waals surface area contributed by atoms with Gasteiger partial charge in [0.2, 0.25) is 5.75 Å². The number of aromatic nitrogens is 1. The third kappa shape index (κ3) is 8.87. The molecule has 1 aliphatic heterocycles. The summed E-state index contributed by atoms with van der Waals surface area (Å²) in [6.45, 7) is 4.52. The molecule has 2 fully saturated rings. The standard InChI is InChI=1S/C28H42N2O9/c1-5-16-36-25-18(2)37-28(33)20(11-8-12-22(25)38-19-9-6-7-10-19)30-27(32)24-26(21(35-4)13-15-29-24)39-23(31)14-17-34-3/h13,15,18-20,22,25H,5-12,14,16-17H2,1-4H3,(H,30,32)/t18-,20-,22-,25-/m0/s1. The summed E-state index contributed by atoms with van der Waals surface area (Å²) in [4.78, 5) is 42.9. The molecule has 0 aromatic carbocycles. The van der Waals surface area contributed by atoms with Crippen molar-refractivity contribution < 1.29 is 42.8 Å². The number of hydrogen-bond donors (Lipinski definition) is 1. The fourth-order valence-corrected chi connectivity index (χ4v) is 4.91. The fraction of sp³-hybridized carbons (Fsp3) is 0.714. The molecule has 4 atom stereocenters. The largest absolute Gasteiger partial charge is 0.493 e. The van der Waals surface area contributed by atoms with Crippen LogP contribution in [0.2, 0.25) is 0 Å². The minimum atomic E-state index is -0.929. The second-order valence-corrected chi connectivity index (χ2v) is 9.92. The summed E-state index contributed by atoms with van der Waals surface area (Å²) in [5.41, 5.74) is -0.174. The molecule has 1 aromatic rings. The molecule has 3 rings (SSSR count). The quantitative estimate of drug-likeness (QED) is 0.386. The maximum absolute atomic E-state index is 13.3. The van der Waals surface area contributed by atoms with Gasteiger partial charge in [-0.3, -0.25) is 9.59 Å². The SMILES string of the molecule is CCCO[C@H]1[C@H](C)OC(=O)[C@@H](NC(=O)c2nccc(OC)c2OC(=O)CCOC)CCC[C@@H]1OC1CCCC1. The number of carbonyl (C=O) groups excluding carboxylic acids is 3. The van der Waals surface area contributed by atoms with Crippen LogP contribution >= 0.6 is 0 Å². The predicted molar refractivity (Wildman–Crippen MR) is 141 cm³/mol. The highest BCUT2D eigenvalue weighted by molar-refractivity contribution is 5.98. The first-order valence-electron chi connectivity index (χ1n) is 13.9. The molecule has 11 nitrogen and oxygen atoms in total. The molecule has 0 unspecified atom stereocenters. The Morgan fingerprint density at radius 3 is 2.56 bits per heavy atom. The highest BCUT2D eigenvalue weighted by Crippen LogP contribution is 2.31. The number of esters is 2. The Balaban J connectivity index is 1.76. The molecule has 39 heavy (non-hydrogen) atoms. The molecule has 218 valence electrons. The van der Waals surface area contributed by atoms with Crippen LogP contribution < -0.4 is 14.8 Å². The molecule has 1 saturated carbocycles. The minimum Gasteiger partial charge on any atom is -0.493 e. The van der Waals surface area contributed by atoms with Gasteiger partial charge in [-0.15, -0.1) is 0 Å². The van der Waals surface area contributed by atoms with Crippen molar-refractivity contribution in [3.8, 4) is 11.5 Å². The van der Waals surface area contributed by atoms with Gasteiger partial charge in [0.15, 0.2) is 11.4 Å². The molecule has 1 saturated heterocycles. The number of rotatable bonds is 12. The molecular formula is C28H42N2O9. The van der Waals surface area contributed by atoms with E-state index >= 15 is 0 Å². The van der Waals surface area contributed by atoms with Gasteiger partial charge in [0, 0.05) is 26.0 Å². The van der Waals surface area contributed by atoms with Crippen LogP contribution in [0.25, 0.3) is 0 Å². The molecule has 0 radical (unpaired) electrons. The van der Waals surface area contributed by atoms with Gasteiger partial charge in [-0.1, -0.05) is 19.8 Å². The molecule has 0 bridgehead atoms. The third-order valence-corrected chi connectivity index (χ3v) is 6.92. The summed E-state index contributed by atoms with van der Waals surface area (Å²) in [7, 11) is 2.86. The Bertz CT molecular complexity index is 951. The molecule has 0 spiro atoms. The lowest BCUT2D eigenvalue weighted by molar-refractivity contribution is -0.171. The highest BCUT2D eigenvalue weighted by atomic mass is 16.6. The van der Waals surface area contributed by atoms with E-state index in [1.54, 1.807) is 6.92 Å². The smallest absolute Gasteiger partial charge is 0.329 e. The van der Waals surface area contributed by atoms with E-state index in [9.17, 15) is 14.4 Å². The second-order valence-electron chi connectivity index (χ2n) is 9.92. The van der Waals surface area contributed by atoms with Gasteiger partial charge in [-0.05, 0) is 45.4 Å². The Hall–Kier alpha value is -2.76. The van der Waals surface area contributed by atoms with E-state index in [1.165, 1.54) is 26.5 Å². The van der Waals surface area contributed by atoms with Gasteiger partial charge >= 0.3 is 11.9 Å². The fourth-order valence-electron chi connectivity index (χ4n) is 4.91. The van der Waals surface area contributed by atoms with Gasteiger partial charge in [0.1, 0.15) is 18.2 Å². The van der Waals surface area contributed by atoms with E-state index in [0.29, 0.717) is 25.9 Å². The first-order chi connectivity index (χ1) is 18.9. The number of hydrogen-bond acceptors (Lipinski definition) is 10. The minimum absolute atomic E-state index is 0.0200. The van der Waals surface area contributed by atoms with E-state index in [2.05, 4.69) is 10.3 Å². The van der Waals surface area contributed by atoms with E-state index < -0.39 is 36.1 Å². The Labute approximate surface area is 230 Å². The van der Waals surface area contributed by atoms with Crippen molar-refractivity contribution in [3.63, 3.8) is 0 Å². The zero-order chi connectivity index (χ0) is 28.2. The summed E-state index contributed by atoms with van der Waals surface area (Å²) in [5.74, 6) is -1.83. The predicted octanol–water partition coefficient (Wildman–Crippen LogP) is 3.37.